The van der Waals surface area contributed by atoms with Crippen LogP contribution in [0.25, 0.3) is 11.0 Å². The van der Waals surface area contributed by atoms with E-state index < -0.39 is 28.9 Å². The van der Waals surface area contributed by atoms with Gasteiger partial charge in [-0.1, -0.05) is 6.08 Å². The number of carbonyl (C=O) groups is 2. The number of hydrogen-bond donors (Lipinski definition) is 3. The fourth-order valence-electron chi connectivity index (χ4n) is 3.79. The number of H-pyrrole nitrogens is 1. The lowest BCUT2D eigenvalue weighted by Crippen LogP contribution is -2.26. The predicted octanol–water partition coefficient (Wildman–Crippen LogP) is 3.92. The third-order valence-electron chi connectivity index (χ3n) is 5.63. The third-order valence-corrected chi connectivity index (χ3v) is 5.63. The smallest absolute Gasteiger partial charge is 0.274 e. The molecule has 4 rings (SSSR count). The molecule has 0 radical (unpaired) electrons. The van der Waals surface area contributed by atoms with Crippen molar-refractivity contribution < 1.29 is 27.5 Å². The van der Waals surface area contributed by atoms with Crippen LogP contribution in [0.2, 0.25) is 0 Å². The molecule has 4 N–H and O–H groups in total. The number of fused-ring (bicyclic) bond motifs is 1. The number of nitrogens with one attached hydrogen (secondary N) is 2. The number of ether oxygens (including phenoxy) is 1. The first-order chi connectivity index (χ1) is 18.7. The van der Waals surface area contributed by atoms with E-state index in [9.17, 15) is 27.6 Å². The van der Waals surface area contributed by atoms with Crippen molar-refractivity contribution in [2.24, 2.45) is 5.73 Å². The highest BCUT2D eigenvalue weighted by molar-refractivity contribution is 5.90. The van der Waals surface area contributed by atoms with Gasteiger partial charge in [-0.2, -0.15) is 0 Å². The quantitative estimate of drug-likeness (QED) is 0.196. The molecule has 0 saturated carbocycles. The summed E-state index contributed by atoms with van der Waals surface area (Å²) >= 11 is 0. The van der Waals surface area contributed by atoms with E-state index in [1.165, 1.54) is 35.0 Å². The van der Waals surface area contributed by atoms with E-state index in [0.29, 0.717) is 24.2 Å². The van der Waals surface area contributed by atoms with Gasteiger partial charge in [-0.05, 0) is 49.2 Å². The van der Waals surface area contributed by atoms with Crippen molar-refractivity contribution in [2.75, 3.05) is 5.32 Å². The Labute approximate surface area is 220 Å². The lowest BCUT2D eigenvalue weighted by molar-refractivity contribution is -0.116. The topological polar surface area (TPSA) is 132 Å². The fraction of sp³-hybridized carbons (Fsp3) is 0.185. The number of carbonyl (C=O) groups excluding carboxylic acids is 2. The van der Waals surface area contributed by atoms with Crippen LogP contribution in [0, 0.1) is 17.5 Å². The number of amides is 2. The largest absolute Gasteiger partial charge is 0.486 e. The molecule has 12 heteroatoms. The Kier molecular flexibility index (Phi) is 8.44. The Morgan fingerprint density at radius 1 is 1.13 bits per heavy atom. The molecular weight excluding hydrogens is 515 g/mol. The van der Waals surface area contributed by atoms with Crippen molar-refractivity contribution in [1.82, 2.24) is 14.5 Å². The average molecular weight is 540 g/mol. The number of benzene rings is 2. The van der Waals surface area contributed by atoms with Gasteiger partial charge in [0.1, 0.15) is 41.1 Å². The van der Waals surface area contributed by atoms with E-state index in [1.54, 1.807) is 12.1 Å². The van der Waals surface area contributed by atoms with Crippen LogP contribution in [0.4, 0.5) is 18.9 Å². The molecule has 0 aliphatic heterocycles. The van der Waals surface area contributed by atoms with Crippen LogP contribution >= 0.6 is 0 Å². The third kappa shape index (κ3) is 7.12. The van der Waals surface area contributed by atoms with Gasteiger partial charge in [0.15, 0.2) is 5.75 Å². The lowest BCUT2D eigenvalue weighted by Gasteiger charge is -2.08. The summed E-state index contributed by atoms with van der Waals surface area (Å²) in [5.74, 6) is -2.74. The molecule has 4 aromatic rings. The summed E-state index contributed by atoms with van der Waals surface area (Å²) in [5, 5.41) is 2.58. The highest BCUT2D eigenvalue weighted by Crippen LogP contribution is 2.27. The Bertz CT molecular complexity index is 1610. The number of imidazole rings is 1. The van der Waals surface area contributed by atoms with Crippen molar-refractivity contribution >= 4 is 28.5 Å². The molecule has 0 fully saturated rings. The van der Waals surface area contributed by atoms with Gasteiger partial charge in [0.05, 0.1) is 12.1 Å². The summed E-state index contributed by atoms with van der Waals surface area (Å²) in [6.07, 6.45) is 5.38. The molecule has 0 atom stereocenters. The number of halogens is 3. The monoisotopic (exact) mass is 539 g/mol. The number of allylic oxidation sites excluding steroid dienone is 1. The Balaban J connectivity index is 1.46. The number of nitrogens with zero attached hydrogens (tertiary/aromatic N) is 2. The molecule has 0 saturated heterocycles. The Hall–Kier alpha value is -4.87. The van der Waals surface area contributed by atoms with Gasteiger partial charge >= 0.3 is 0 Å². The first kappa shape index (κ1) is 27.2. The minimum atomic E-state index is -0.795. The fourth-order valence-corrected chi connectivity index (χ4v) is 3.79. The van der Waals surface area contributed by atoms with E-state index in [2.05, 4.69) is 15.3 Å². The number of aromatic amines is 1. The van der Waals surface area contributed by atoms with E-state index >= 15 is 0 Å². The number of primary amides is 1. The van der Waals surface area contributed by atoms with Crippen molar-refractivity contribution in [1.29, 1.82) is 0 Å². The zero-order valence-corrected chi connectivity index (χ0v) is 20.5. The number of hydrogen-bond acceptors (Lipinski definition) is 5. The first-order valence-corrected chi connectivity index (χ1v) is 11.9. The first-order valence-electron chi connectivity index (χ1n) is 11.9. The maximum Gasteiger partial charge on any atom is 0.274 e. The summed E-state index contributed by atoms with van der Waals surface area (Å²) in [6.45, 7) is -0.307. The van der Waals surface area contributed by atoms with Crippen molar-refractivity contribution in [3.8, 4) is 5.75 Å². The van der Waals surface area contributed by atoms with Crippen LogP contribution in [0.5, 0.6) is 5.75 Å². The lowest BCUT2D eigenvalue weighted by atomic mass is 10.2. The number of anilines is 1. The van der Waals surface area contributed by atoms with E-state index in [4.69, 9.17) is 10.5 Å². The van der Waals surface area contributed by atoms with Gasteiger partial charge in [0, 0.05) is 30.3 Å². The summed E-state index contributed by atoms with van der Waals surface area (Å²) < 4.78 is 48.3. The molecule has 202 valence electrons. The van der Waals surface area contributed by atoms with Gasteiger partial charge in [-0.15, -0.1) is 0 Å². The maximum atomic E-state index is 14.2. The molecule has 0 aliphatic carbocycles. The van der Waals surface area contributed by atoms with E-state index in [0.717, 1.165) is 18.2 Å². The molecule has 2 heterocycles. The summed E-state index contributed by atoms with van der Waals surface area (Å²) in [7, 11) is 0. The van der Waals surface area contributed by atoms with E-state index in [1.807, 2.05) is 0 Å². The van der Waals surface area contributed by atoms with E-state index in [-0.39, 0.29) is 48.0 Å². The minimum Gasteiger partial charge on any atom is -0.486 e. The maximum absolute atomic E-state index is 14.2. The molecular formula is C27H24F3N5O4. The van der Waals surface area contributed by atoms with Gasteiger partial charge in [0.25, 0.3) is 5.56 Å². The van der Waals surface area contributed by atoms with Crippen molar-refractivity contribution in [3.05, 3.63) is 100 Å². The van der Waals surface area contributed by atoms with Gasteiger partial charge in [-0.3, -0.25) is 14.4 Å². The van der Waals surface area contributed by atoms with Crippen molar-refractivity contribution in [3.63, 3.8) is 0 Å². The van der Waals surface area contributed by atoms with Crippen LogP contribution in [-0.2, 0) is 22.7 Å². The van der Waals surface area contributed by atoms with Gasteiger partial charge in [-0.25, -0.2) is 18.2 Å². The van der Waals surface area contributed by atoms with Crippen LogP contribution in [0.15, 0.2) is 65.6 Å². The second-order valence-electron chi connectivity index (χ2n) is 8.61. The second kappa shape index (κ2) is 12.1. The molecule has 0 aliphatic rings. The molecule has 39 heavy (non-hydrogen) atoms. The summed E-state index contributed by atoms with van der Waals surface area (Å²) in [4.78, 5) is 43.2. The molecule has 0 spiro atoms. The number of aromatic nitrogens is 3. The average Bonchev–Trinajstić information content (AvgIpc) is 3.27. The molecule has 9 nitrogen and oxygen atoms in total. The predicted molar refractivity (Wildman–Crippen MR) is 137 cm³/mol. The van der Waals surface area contributed by atoms with Crippen LogP contribution in [0.1, 0.15) is 30.7 Å². The number of rotatable bonds is 11. The van der Waals surface area contributed by atoms with Gasteiger partial charge < -0.3 is 25.3 Å². The molecule has 2 aromatic heterocycles. The summed E-state index contributed by atoms with van der Waals surface area (Å²) in [5.41, 5.74) is 5.24. The highest BCUT2D eigenvalue weighted by atomic mass is 19.1. The SMILES string of the molecule is NC(=O)/C=C/CCCC(=O)Nc1cccn(Cc2nc3c(OCc4ccc(F)cc4F)cc(F)cc3[nH]2)c1=O. The molecule has 2 aromatic carbocycles. The molecule has 0 bridgehead atoms. The van der Waals surface area contributed by atoms with Crippen LogP contribution in [-0.4, -0.2) is 26.3 Å². The molecule has 2 amide bonds. The Morgan fingerprint density at radius 2 is 1.95 bits per heavy atom. The number of unbranched alkanes of at least 4 members (excludes halogenated alkanes) is 1. The highest BCUT2D eigenvalue weighted by Gasteiger charge is 2.14. The standard InChI is InChI=1S/C27H24F3N5O4/c28-17-9-8-16(19(30)11-17)15-39-22-13-18(29)12-21-26(22)34-24(32-21)14-35-10-4-5-20(27(35)38)33-25(37)7-3-1-2-6-23(31)36/h2,4-6,8-13H,1,3,7,14-15H2,(H2,31,36)(H,32,34)(H,33,37)/b6-2+. The minimum absolute atomic E-state index is 0.0250. The number of pyridine rings is 1. The normalized spacial score (nSPS) is 11.3. The number of nitrogens with two attached hydrogens (primary N) is 1. The van der Waals surface area contributed by atoms with Crippen LogP contribution < -0.4 is 21.3 Å². The molecule has 0 unspecified atom stereocenters. The second-order valence-corrected chi connectivity index (χ2v) is 8.61. The van der Waals surface area contributed by atoms with Crippen molar-refractivity contribution in [2.45, 2.75) is 32.4 Å². The van der Waals surface area contributed by atoms with Gasteiger partial charge in [0.2, 0.25) is 11.8 Å². The summed E-state index contributed by atoms with van der Waals surface area (Å²) in [6, 6.07) is 8.41. The Morgan fingerprint density at radius 3 is 2.72 bits per heavy atom. The zero-order chi connectivity index (χ0) is 27.9. The van der Waals surface area contributed by atoms with Crippen LogP contribution in [0.3, 0.4) is 0 Å². The zero-order valence-electron chi connectivity index (χ0n) is 20.5.